The number of nitrogens with zero attached hydrogens (tertiary/aromatic N) is 2. The van der Waals surface area contributed by atoms with Gasteiger partial charge < -0.3 is 23.7 Å². The van der Waals surface area contributed by atoms with E-state index in [4.69, 9.17) is 25.8 Å². The van der Waals surface area contributed by atoms with Gasteiger partial charge in [0.2, 0.25) is 5.91 Å². The lowest BCUT2D eigenvalue weighted by atomic mass is 9.84. The number of benzene rings is 1. The van der Waals surface area contributed by atoms with Gasteiger partial charge in [-0.15, -0.1) is 0 Å². The molecule has 0 unspecified atom stereocenters. The van der Waals surface area contributed by atoms with Crippen LogP contribution in [-0.2, 0) is 35.8 Å². The third kappa shape index (κ3) is 7.10. The van der Waals surface area contributed by atoms with Crippen molar-refractivity contribution < 1.29 is 36.8 Å². The monoisotopic (exact) mass is 563 g/mol. The number of para-hydroxylation sites is 1. The fourth-order valence-electron chi connectivity index (χ4n) is 4.61. The molecule has 2 aliphatic rings. The average molecular weight is 564 g/mol. The SMILES string of the molecule is CC1=C(C(=O)OCc2ccccc2OCCS(=O)(=O)[O-])[C@@H](c2ccc(Cl)nc2)CC(=O)N1C[C@@H]1CCCO1. The predicted octanol–water partition coefficient (Wildman–Crippen LogP) is 3.17. The Morgan fingerprint density at radius 2 is 2.05 bits per heavy atom. The third-order valence-electron chi connectivity index (χ3n) is 6.53. The van der Waals surface area contributed by atoms with Gasteiger partial charge in [0.25, 0.3) is 0 Å². The Morgan fingerprint density at radius 1 is 1.26 bits per heavy atom. The number of ether oxygens (including phenoxy) is 3. The number of amides is 1. The fraction of sp³-hybridized carbons (Fsp3) is 0.423. The normalized spacial score (nSPS) is 20.1. The summed E-state index contributed by atoms with van der Waals surface area (Å²) in [6.07, 6.45) is 3.27. The summed E-state index contributed by atoms with van der Waals surface area (Å²) < 4.78 is 49.5. The topological polar surface area (TPSA) is 135 Å². The summed E-state index contributed by atoms with van der Waals surface area (Å²) >= 11 is 5.95. The van der Waals surface area contributed by atoms with E-state index in [-0.39, 0.29) is 31.6 Å². The molecule has 0 aliphatic carbocycles. The van der Waals surface area contributed by atoms with Gasteiger partial charge in [-0.3, -0.25) is 4.79 Å². The molecule has 0 spiro atoms. The van der Waals surface area contributed by atoms with E-state index in [9.17, 15) is 22.6 Å². The summed E-state index contributed by atoms with van der Waals surface area (Å²) in [5.41, 5.74) is 1.98. The van der Waals surface area contributed by atoms with E-state index >= 15 is 0 Å². The van der Waals surface area contributed by atoms with Crippen LogP contribution in [0.4, 0.5) is 0 Å². The molecule has 1 saturated heterocycles. The number of allylic oxidation sites excluding steroid dienone is 1. The van der Waals surface area contributed by atoms with E-state index in [1.165, 1.54) is 0 Å². The van der Waals surface area contributed by atoms with Crippen molar-refractivity contribution in [3.05, 3.63) is 70.1 Å². The molecule has 1 aromatic carbocycles. The number of halogens is 1. The first-order chi connectivity index (χ1) is 18.1. The maximum absolute atomic E-state index is 13.5. The lowest BCUT2D eigenvalue weighted by molar-refractivity contribution is -0.141. The third-order valence-corrected chi connectivity index (χ3v) is 7.42. The van der Waals surface area contributed by atoms with Crippen molar-refractivity contribution >= 4 is 33.6 Å². The van der Waals surface area contributed by atoms with Crippen LogP contribution in [0.15, 0.2) is 53.9 Å². The summed E-state index contributed by atoms with van der Waals surface area (Å²) in [4.78, 5) is 32.4. The Balaban J connectivity index is 1.57. The molecular weight excluding hydrogens is 536 g/mol. The van der Waals surface area contributed by atoms with E-state index in [1.807, 2.05) is 0 Å². The first-order valence-electron chi connectivity index (χ1n) is 12.2. The Hall–Kier alpha value is -2.99. The van der Waals surface area contributed by atoms with Crippen LogP contribution in [0.3, 0.4) is 0 Å². The molecule has 2 aromatic rings. The van der Waals surface area contributed by atoms with Crippen molar-refractivity contribution in [2.75, 3.05) is 25.5 Å². The van der Waals surface area contributed by atoms with Gasteiger partial charge in [0.15, 0.2) is 0 Å². The standard InChI is InChI=1S/C26H29ClN2O8S/c1-17-25(26(31)37-16-19-5-2-3-7-22(19)36-11-12-38(32,33)34)21(18-8-9-23(27)28-14-18)13-24(30)29(17)15-20-6-4-10-35-20/h2-3,5,7-9,14,20-21H,4,6,10-13,15-16H2,1H3,(H,32,33,34)/p-1/t20-,21+/m0/s1. The molecule has 4 rings (SSSR count). The minimum atomic E-state index is -4.43. The lowest BCUT2D eigenvalue weighted by Crippen LogP contribution is -2.42. The van der Waals surface area contributed by atoms with Crippen molar-refractivity contribution in [2.45, 2.75) is 44.8 Å². The first-order valence-corrected chi connectivity index (χ1v) is 14.1. The summed E-state index contributed by atoms with van der Waals surface area (Å²) in [6.45, 7) is 2.23. The fourth-order valence-corrected chi connectivity index (χ4v) is 5.01. The second-order valence-electron chi connectivity index (χ2n) is 9.10. The molecule has 10 nitrogen and oxygen atoms in total. The van der Waals surface area contributed by atoms with Gasteiger partial charge in [-0.1, -0.05) is 35.9 Å². The van der Waals surface area contributed by atoms with Gasteiger partial charge in [-0.25, -0.2) is 18.2 Å². The van der Waals surface area contributed by atoms with Crippen molar-refractivity contribution in [2.24, 2.45) is 0 Å². The lowest BCUT2D eigenvalue weighted by Gasteiger charge is -2.35. The quantitative estimate of drug-likeness (QED) is 0.242. The van der Waals surface area contributed by atoms with Crippen LogP contribution in [0.5, 0.6) is 5.75 Å². The van der Waals surface area contributed by atoms with Gasteiger partial charge in [0, 0.05) is 36.4 Å². The predicted molar refractivity (Wildman–Crippen MR) is 136 cm³/mol. The highest BCUT2D eigenvalue weighted by Crippen LogP contribution is 2.38. The molecular formula is C26H28ClN2O8S-. The summed E-state index contributed by atoms with van der Waals surface area (Å²) in [7, 11) is -4.43. The Bertz CT molecular complexity index is 1310. The summed E-state index contributed by atoms with van der Waals surface area (Å²) in [5, 5.41) is 0.294. The Labute approximate surface area is 226 Å². The zero-order valence-corrected chi connectivity index (χ0v) is 22.4. The van der Waals surface area contributed by atoms with Crippen molar-refractivity contribution in [3.8, 4) is 5.75 Å². The van der Waals surface area contributed by atoms with Crippen LogP contribution in [0.1, 0.15) is 43.2 Å². The van der Waals surface area contributed by atoms with Crippen LogP contribution in [0.25, 0.3) is 0 Å². The van der Waals surface area contributed by atoms with E-state index in [0.29, 0.717) is 46.5 Å². The van der Waals surface area contributed by atoms with Crippen LogP contribution >= 0.6 is 11.6 Å². The van der Waals surface area contributed by atoms with E-state index in [2.05, 4.69) is 4.98 Å². The maximum Gasteiger partial charge on any atom is 0.336 e. The second kappa shape index (κ2) is 12.2. The largest absolute Gasteiger partial charge is 0.748 e. The highest BCUT2D eigenvalue weighted by Gasteiger charge is 2.38. The van der Waals surface area contributed by atoms with Gasteiger partial charge in [0.05, 0.1) is 34.1 Å². The molecule has 12 heteroatoms. The van der Waals surface area contributed by atoms with Crippen LogP contribution in [0.2, 0.25) is 5.15 Å². The Morgan fingerprint density at radius 3 is 2.74 bits per heavy atom. The molecule has 0 N–H and O–H groups in total. The summed E-state index contributed by atoms with van der Waals surface area (Å²) in [5.74, 6) is -1.69. The smallest absolute Gasteiger partial charge is 0.336 e. The minimum Gasteiger partial charge on any atom is -0.748 e. The molecule has 2 atom stereocenters. The number of carbonyl (C=O) groups is 2. The number of hydrogen-bond donors (Lipinski definition) is 0. The first kappa shape index (κ1) is 28.0. The number of carbonyl (C=O) groups excluding carboxylic acids is 2. The zero-order valence-electron chi connectivity index (χ0n) is 20.8. The molecule has 0 bridgehead atoms. The van der Waals surface area contributed by atoms with Gasteiger partial charge >= 0.3 is 5.97 Å². The van der Waals surface area contributed by atoms with Gasteiger partial charge in [-0.2, -0.15) is 0 Å². The molecule has 1 amide bonds. The highest BCUT2D eigenvalue weighted by atomic mass is 35.5. The van der Waals surface area contributed by atoms with Gasteiger partial charge in [-0.05, 0) is 37.5 Å². The van der Waals surface area contributed by atoms with Crippen LogP contribution in [0, 0.1) is 0 Å². The van der Waals surface area contributed by atoms with Crippen molar-refractivity contribution in [3.63, 3.8) is 0 Å². The molecule has 204 valence electrons. The van der Waals surface area contributed by atoms with E-state index < -0.39 is 27.8 Å². The van der Waals surface area contributed by atoms with Crippen molar-refractivity contribution in [1.82, 2.24) is 9.88 Å². The number of hydrogen-bond acceptors (Lipinski definition) is 9. The molecule has 38 heavy (non-hydrogen) atoms. The number of pyridine rings is 1. The maximum atomic E-state index is 13.5. The molecule has 2 aliphatic heterocycles. The van der Waals surface area contributed by atoms with Crippen LogP contribution in [-0.4, -0.2) is 66.3 Å². The average Bonchev–Trinajstić information content (AvgIpc) is 3.38. The number of aromatic nitrogens is 1. The highest BCUT2D eigenvalue weighted by molar-refractivity contribution is 7.85. The Kier molecular flexibility index (Phi) is 9.03. The summed E-state index contributed by atoms with van der Waals surface area (Å²) in [6, 6.07) is 10.00. The zero-order chi connectivity index (χ0) is 27.3. The second-order valence-corrected chi connectivity index (χ2v) is 11.0. The molecule has 1 fully saturated rings. The van der Waals surface area contributed by atoms with Gasteiger partial charge in [0.1, 0.15) is 24.1 Å². The molecule has 0 radical (unpaired) electrons. The molecule has 1 aromatic heterocycles. The molecule has 3 heterocycles. The molecule has 0 saturated carbocycles. The van der Waals surface area contributed by atoms with E-state index in [0.717, 1.165) is 12.8 Å². The minimum absolute atomic E-state index is 0.0567. The van der Waals surface area contributed by atoms with E-state index in [1.54, 1.807) is 54.4 Å². The van der Waals surface area contributed by atoms with Crippen LogP contribution < -0.4 is 4.74 Å². The number of esters is 1. The van der Waals surface area contributed by atoms with Crippen molar-refractivity contribution in [1.29, 1.82) is 0 Å². The number of rotatable bonds is 10.